The van der Waals surface area contributed by atoms with Crippen molar-refractivity contribution in [2.24, 2.45) is 0 Å². The molecule has 94 valence electrons. The van der Waals surface area contributed by atoms with E-state index in [9.17, 15) is 0 Å². The maximum absolute atomic E-state index is 3.46. The van der Waals surface area contributed by atoms with Gasteiger partial charge in [0.1, 0.15) is 0 Å². The van der Waals surface area contributed by atoms with Crippen LogP contribution < -0.4 is 0 Å². The van der Waals surface area contributed by atoms with Crippen molar-refractivity contribution in [2.45, 2.75) is 64.7 Å². The fourth-order valence-corrected chi connectivity index (χ4v) is 1.96. The van der Waals surface area contributed by atoms with Gasteiger partial charge in [0.2, 0.25) is 0 Å². The molecule has 0 rings (SSSR count). The first kappa shape index (κ1) is 16.0. The molecule has 0 unspecified atom stereocenters. The lowest BCUT2D eigenvalue weighted by atomic mass is 10.1. The van der Waals surface area contributed by atoms with Crippen molar-refractivity contribution in [2.75, 3.05) is 5.33 Å². The fraction of sp³-hybridized carbons (Fsp3) is 0.733. The number of hydrogen-bond donors (Lipinski definition) is 0. The van der Waals surface area contributed by atoms with E-state index in [2.05, 4.69) is 47.2 Å². The molecular formula is C15H27Br. The molecule has 0 heterocycles. The van der Waals surface area contributed by atoms with Crippen LogP contribution in [0.15, 0.2) is 24.3 Å². The Morgan fingerprint density at radius 2 is 1.31 bits per heavy atom. The molecule has 0 saturated heterocycles. The van der Waals surface area contributed by atoms with E-state index in [0.717, 1.165) is 5.33 Å². The second-order valence-corrected chi connectivity index (χ2v) is 5.04. The largest absolute Gasteiger partial charge is 0.0928 e. The highest BCUT2D eigenvalue weighted by atomic mass is 79.9. The van der Waals surface area contributed by atoms with Crippen molar-refractivity contribution >= 4 is 15.9 Å². The van der Waals surface area contributed by atoms with Gasteiger partial charge in [-0.15, -0.1) is 0 Å². The molecule has 1 heteroatoms. The monoisotopic (exact) mass is 286 g/mol. The van der Waals surface area contributed by atoms with Gasteiger partial charge >= 0.3 is 0 Å². The molecule has 0 aliphatic rings. The van der Waals surface area contributed by atoms with Crippen LogP contribution in [0.4, 0.5) is 0 Å². The van der Waals surface area contributed by atoms with Crippen molar-refractivity contribution < 1.29 is 0 Å². The Balaban J connectivity index is 3.12. The molecule has 0 radical (unpaired) electrons. The van der Waals surface area contributed by atoms with E-state index in [1.165, 1.54) is 57.8 Å². The van der Waals surface area contributed by atoms with Gasteiger partial charge in [0, 0.05) is 5.33 Å². The SMILES string of the molecule is CCCC/C=C\C=C\CCCCCCCBr. The normalized spacial score (nSPS) is 11.9. The lowest BCUT2D eigenvalue weighted by Gasteiger charge is -1.96. The molecule has 0 aromatic rings. The number of alkyl halides is 1. The van der Waals surface area contributed by atoms with Crippen molar-refractivity contribution in [3.8, 4) is 0 Å². The standard InChI is InChI=1S/C15H27Br/c1-2-3-4-5-6-7-8-9-10-11-12-13-14-15-16/h5-8H,2-4,9-15H2,1H3/b6-5-,8-7+. The minimum atomic E-state index is 1.16. The molecule has 0 spiro atoms. The third-order valence-electron chi connectivity index (χ3n) is 2.61. The van der Waals surface area contributed by atoms with Gasteiger partial charge in [-0.1, -0.05) is 79.3 Å². The van der Waals surface area contributed by atoms with E-state index in [0.29, 0.717) is 0 Å². The van der Waals surface area contributed by atoms with E-state index in [4.69, 9.17) is 0 Å². The molecule has 0 saturated carbocycles. The van der Waals surface area contributed by atoms with Crippen LogP contribution in [0.3, 0.4) is 0 Å². The van der Waals surface area contributed by atoms with Crippen LogP contribution >= 0.6 is 15.9 Å². The van der Waals surface area contributed by atoms with Crippen molar-refractivity contribution in [1.29, 1.82) is 0 Å². The Kier molecular flexibility index (Phi) is 14.9. The number of rotatable bonds is 11. The summed E-state index contributed by atoms with van der Waals surface area (Å²) in [5.74, 6) is 0. The maximum atomic E-state index is 3.46. The smallest absolute Gasteiger partial charge is 0.00313 e. The summed E-state index contributed by atoms with van der Waals surface area (Å²) in [5, 5.41) is 1.16. The summed E-state index contributed by atoms with van der Waals surface area (Å²) in [6.45, 7) is 2.24. The van der Waals surface area contributed by atoms with Crippen LogP contribution in [0, 0.1) is 0 Å². The molecule has 0 aromatic heterocycles. The molecule has 0 N–H and O–H groups in total. The predicted octanol–water partition coefficient (Wildman–Crippen LogP) is 6.02. The van der Waals surface area contributed by atoms with Crippen LogP contribution in [-0.4, -0.2) is 5.33 Å². The first-order chi connectivity index (χ1) is 7.91. The summed E-state index contributed by atoms with van der Waals surface area (Å²) >= 11 is 3.46. The highest BCUT2D eigenvalue weighted by Crippen LogP contribution is 2.06. The Morgan fingerprint density at radius 3 is 1.94 bits per heavy atom. The Morgan fingerprint density at radius 1 is 0.750 bits per heavy atom. The zero-order chi connectivity index (χ0) is 11.9. The van der Waals surface area contributed by atoms with Gasteiger partial charge in [-0.05, 0) is 25.7 Å². The minimum Gasteiger partial charge on any atom is -0.0928 e. The van der Waals surface area contributed by atoms with E-state index in [1.54, 1.807) is 0 Å². The third-order valence-corrected chi connectivity index (χ3v) is 3.17. The van der Waals surface area contributed by atoms with Gasteiger partial charge in [-0.3, -0.25) is 0 Å². The zero-order valence-electron chi connectivity index (χ0n) is 10.8. The summed E-state index contributed by atoms with van der Waals surface area (Å²) in [4.78, 5) is 0. The number of allylic oxidation sites excluding steroid dienone is 4. The maximum Gasteiger partial charge on any atom is 0.00313 e. The number of halogens is 1. The van der Waals surface area contributed by atoms with Crippen LogP contribution in [0.1, 0.15) is 64.7 Å². The number of unbranched alkanes of at least 4 members (excludes halogenated alkanes) is 7. The summed E-state index contributed by atoms with van der Waals surface area (Å²) in [6.07, 6.45) is 20.9. The van der Waals surface area contributed by atoms with Crippen LogP contribution in [0.2, 0.25) is 0 Å². The van der Waals surface area contributed by atoms with Gasteiger partial charge in [0.15, 0.2) is 0 Å². The lowest BCUT2D eigenvalue weighted by molar-refractivity contribution is 0.641. The molecular weight excluding hydrogens is 260 g/mol. The van der Waals surface area contributed by atoms with Crippen LogP contribution in [0.5, 0.6) is 0 Å². The average Bonchev–Trinajstić information content (AvgIpc) is 2.31. The van der Waals surface area contributed by atoms with Crippen LogP contribution in [0.25, 0.3) is 0 Å². The van der Waals surface area contributed by atoms with Gasteiger partial charge in [0.05, 0.1) is 0 Å². The van der Waals surface area contributed by atoms with Crippen molar-refractivity contribution in [1.82, 2.24) is 0 Å². The molecule has 0 aromatic carbocycles. The average molecular weight is 287 g/mol. The summed E-state index contributed by atoms with van der Waals surface area (Å²) in [7, 11) is 0. The Hall–Kier alpha value is -0.0400. The summed E-state index contributed by atoms with van der Waals surface area (Å²) < 4.78 is 0. The fourth-order valence-electron chi connectivity index (χ4n) is 1.56. The Bertz CT molecular complexity index is 170. The zero-order valence-corrected chi connectivity index (χ0v) is 12.3. The quantitative estimate of drug-likeness (QED) is 0.247. The molecule has 0 aliphatic heterocycles. The lowest BCUT2D eigenvalue weighted by Crippen LogP contribution is -1.78. The minimum absolute atomic E-state index is 1.16. The van der Waals surface area contributed by atoms with Gasteiger partial charge in [0.25, 0.3) is 0 Å². The van der Waals surface area contributed by atoms with Gasteiger partial charge in [-0.2, -0.15) is 0 Å². The predicted molar refractivity (Wildman–Crippen MR) is 79.3 cm³/mol. The summed E-state index contributed by atoms with van der Waals surface area (Å²) in [5.41, 5.74) is 0. The van der Waals surface area contributed by atoms with E-state index >= 15 is 0 Å². The van der Waals surface area contributed by atoms with Gasteiger partial charge in [-0.25, -0.2) is 0 Å². The van der Waals surface area contributed by atoms with E-state index in [-0.39, 0.29) is 0 Å². The number of hydrogen-bond acceptors (Lipinski definition) is 0. The molecule has 0 nitrogen and oxygen atoms in total. The van der Waals surface area contributed by atoms with E-state index in [1.807, 2.05) is 0 Å². The van der Waals surface area contributed by atoms with Crippen LogP contribution in [-0.2, 0) is 0 Å². The molecule has 0 bridgehead atoms. The first-order valence-corrected chi connectivity index (χ1v) is 7.91. The highest BCUT2D eigenvalue weighted by molar-refractivity contribution is 9.09. The van der Waals surface area contributed by atoms with E-state index < -0.39 is 0 Å². The molecule has 16 heavy (non-hydrogen) atoms. The molecule has 0 atom stereocenters. The topological polar surface area (TPSA) is 0 Å². The van der Waals surface area contributed by atoms with Crippen molar-refractivity contribution in [3.05, 3.63) is 24.3 Å². The molecule has 0 amide bonds. The van der Waals surface area contributed by atoms with Gasteiger partial charge < -0.3 is 0 Å². The second kappa shape index (κ2) is 15.0. The highest BCUT2D eigenvalue weighted by Gasteiger charge is 1.87. The molecule has 0 aliphatic carbocycles. The third kappa shape index (κ3) is 14.0. The van der Waals surface area contributed by atoms with Crippen molar-refractivity contribution in [3.63, 3.8) is 0 Å². The molecule has 0 fully saturated rings. The Labute approximate surface area is 110 Å². The second-order valence-electron chi connectivity index (χ2n) is 4.24. The summed E-state index contributed by atoms with van der Waals surface area (Å²) in [6, 6.07) is 0. The first-order valence-electron chi connectivity index (χ1n) is 6.79.